The molecule has 3 rings (SSSR count). The van der Waals surface area contributed by atoms with Crippen molar-refractivity contribution in [3.8, 4) is 5.75 Å². The fourth-order valence-corrected chi connectivity index (χ4v) is 3.53. The number of pyridine rings is 1. The van der Waals surface area contributed by atoms with Crippen molar-refractivity contribution in [3.63, 3.8) is 0 Å². The number of hydrogen-bond acceptors (Lipinski definition) is 4. The van der Waals surface area contributed by atoms with Gasteiger partial charge in [-0.2, -0.15) is 0 Å². The first kappa shape index (κ1) is 23.6. The fourth-order valence-electron chi connectivity index (χ4n) is 3.53. The molecule has 1 atom stereocenters. The van der Waals surface area contributed by atoms with Crippen molar-refractivity contribution in [2.24, 2.45) is 7.05 Å². The molecule has 0 saturated carbocycles. The van der Waals surface area contributed by atoms with E-state index in [0.29, 0.717) is 0 Å². The maximum atomic E-state index is 12.6. The zero-order chi connectivity index (χ0) is 24.0. The SMILES string of the molecule is Cc1ccccc1Cc1ccc([C@H](CCC(=O)O)NC(=O)Nc2c(O)ccn(C)c2=O)cc1. The lowest BCUT2D eigenvalue weighted by Crippen LogP contribution is -2.35. The van der Waals surface area contributed by atoms with Gasteiger partial charge < -0.3 is 25.4 Å². The van der Waals surface area contributed by atoms with Gasteiger partial charge in [0.2, 0.25) is 0 Å². The van der Waals surface area contributed by atoms with E-state index in [1.54, 1.807) is 0 Å². The highest BCUT2D eigenvalue weighted by Crippen LogP contribution is 2.22. The second-order valence-electron chi connectivity index (χ2n) is 7.92. The number of anilines is 1. The van der Waals surface area contributed by atoms with Crippen LogP contribution in [0.5, 0.6) is 5.75 Å². The van der Waals surface area contributed by atoms with Gasteiger partial charge in [0.15, 0.2) is 5.69 Å². The van der Waals surface area contributed by atoms with Crippen LogP contribution in [0.4, 0.5) is 10.5 Å². The zero-order valence-electron chi connectivity index (χ0n) is 18.5. The van der Waals surface area contributed by atoms with Gasteiger partial charge in [-0.25, -0.2) is 4.79 Å². The lowest BCUT2D eigenvalue weighted by atomic mass is 9.97. The molecule has 0 aliphatic carbocycles. The van der Waals surface area contributed by atoms with Gasteiger partial charge in [0.05, 0.1) is 6.04 Å². The van der Waals surface area contributed by atoms with Gasteiger partial charge in [-0.1, -0.05) is 48.5 Å². The molecule has 2 aromatic carbocycles. The zero-order valence-corrected chi connectivity index (χ0v) is 18.5. The lowest BCUT2D eigenvalue weighted by Gasteiger charge is -2.20. The summed E-state index contributed by atoms with van der Waals surface area (Å²) in [5, 5.41) is 24.1. The lowest BCUT2D eigenvalue weighted by molar-refractivity contribution is -0.137. The number of aryl methyl sites for hydroxylation is 2. The molecule has 0 bridgehead atoms. The summed E-state index contributed by atoms with van der Waals surface area (Å²) >= 11 is 0. The molecule has 172 valence electrons. The van der Waals surface area contributed by atoms with Crippen LogP contribution in [0.2, 0.25) is 0 Å². The Bertz CT molecular complexity index is 1200. The highest BCUT2D eigenvalue weighted by atomic mass is 16.4. The molecule has 0 saturated heterocycles. The number of nitrogens with zero attached hydrogens (tertiary/aromatic N) is 1. The molecule has 0 unspecified atom stereocenters. The van der Waals surface area contributed by atoms with Gasteiger partial charge in [-0.3, -0.25) is 9.59 Å². The van der Waals surface area contributed by atoms with Crippen molar-refractivity contribution in [1.82, 2.24) is 9.88 Å². The Labute approximate surface area is 191 Å². The average molecular weight is 450 g/mol. The molecule has 8 heteroatoms. The first-order valence-corrected chi connectivity index (χ1v) is 10.6. The predicted octanol–water partition coefficient (Wildman–Crippen LogP) is 3.72. The standard InChI is InChI=1S/C25H27N3O5/c1-16-5-3-4-6-19(16)15-17-7-9-18(10-8-17)20(11-12-22(30)31)26-25(33)27-23-21(29)13-14-28(2)24(23)32/h3-10,13-14,20,29H,11-12,15H2,1-2H3,(H,30,31)(H2,26,27,33)/t20-/m0/s1. The number of aliphatic carboxylic acids is 1. The highest BCUT2D eigenvalue weighted by Gasteiger charge is 2.18. The van der Waals surface area contributed by atoms with Crippen LogP contribution in [0.3, 0.4) is 0 Å². The topological polar surface area (TPSA) is 121 Å². The van der Waals surface area contributed by atoms with Crippen LogP contribution in [0.15, 0.2) is 65.6 Å². The maximum absolute atomic E-state index is 12.6. The van der Waals surface area contributed by atoms with Gasteiger partial charge in [0, 0.05) is 19.7 Å². The van der Waals surface area contributed by atoms with E-state index in [0.717, 1.165) is 17.5 Å². The Morgan fingerprint density at radius 3 is 2.42 bits per heavy atom. The molecule has 0 fully saturated rings. The minimum absolute atomic E-state index is 0.145. The van der Waals surface area contributed by atoms with Crippen molar-refractivity contribution in [1.29, 1.82) is 0 Å². The van der Waals surface area contributed by atoms with E-state index < -0.39 is 23.6 Å². The van der Waals surface area contributed by atoms with Gasteiger partial charge in [0.25, 0.3) is 5.56 Å². The maximum Gasteiger partial charge on any atom is 0.319 e. The van der Waals surface area contributed by atoms with Crippen LogP contribution in [-0.2, 0) is 18.3 Å². The Kier molecular flexibility index (Phi) is 7.50. The second kappa shape index (κ2) is 10.5. The number of carboxylic acids is 1. The van der Waals surface area contributed by atoms with Crippen molar-refractivity contribution < 1.29 is 19.8 Å². The largest absolute Gasteiger partial charge is 0.505 e. The van der Waals surface area contributed by atoms with E-state index >= 15 is 0 Å². The van der Waals surface area contributed by atoms with E-state index in [1.807, 2.05) is 36.4 Å². The monoisotopic (exact) mass is 449 g/mol. The predicted molar refractivity (Wildman–Crippen MR) is 126 cm³/mol. The Morgan fingerprint density at radius 1 is 1.06 bits per heavy atom. The third-order valence-corrected chi connectivity index (χ3v) is 5.48. The number of urea groups is 1. The van der Waals surface area contributed by atoms with Gasteiger partial charge in [0.1, 0.15) is 5.75 Å². The first-order valence-electron chi connectivity index (χ1n) is 10.6. The van der Waals surface area contributed by atoms with Crippen LogP contribution >= 0.6 is 0 Å². The summed E-state index contributed by atoms with van der Waals surface area (Å²) in [5.74, 6) is -1.33. The van der Waals surface area contributed by atoms with E-state index in [-0.39, 0.29) is 24.3 Å². The van der Waals surface area contributed by atoms with E-state index in [9.17, 15) is 19.5 Å². The third kappa shape index (κ3) is 6.22. The summed E-state index contributed by atoms with van der Waals surface area (Å²) in [6.07, 6.45) is 2.17. The first-order chi connectivity index (χ1) is 15.7. The number of carboxylic acid groups (broad SMARTS) is 1. The Morgan fingerprint density at radius 2 is 1.76 bits per heavy atom. The fraction of sp³-hybridized carbons (Fsp3) is 0.240. The summed E-state index contributed by atoms with van der Waals surface area (Å²) in [4.78, 5) is 35.9. The van der Waals surface area contributed by atoms with Crippen LogP contribution in [-0.4, -0.2) is 26.8 Å². The number of benzene rings is 2. The molecule has 0 spiro atoms. The normalized spacial score (nSPS) is 11.6. The van der Waals surface area contributed by atoms with Crippen LogP contribution < -0.4 is 16.2 Å². The Hall–Kier alpha value is -4.07. The molecule has 2 amide bonds. The minimum Gasteiger partial charge on any atom is -0.505 e. The molecule has 3 aromatic rings. The minimum atomic E-state index is -0.979. The summed E-state index contributed by atoms with van der Waals surface area (Å²) in [5.41, 5.74) is 3.44. The van der Waals surface area contributed by atoms with E-state index in [2.05, 4.69) is 29.7 Å². The molecular formula is C25H27N3O5. The number of hydrogen-bond donors (Lipinski definition) is 4. The summed E-state index contributed by atoms with van der Waals surface area (Å²) in [6, 6.07) is 15.7. The van der Waals surface area contributed by atoms with Gasteiger partial charge >= 0.3 is 12.0 Å². The smallest absolute Gasteiger partial charge is 0.319 e. The average Bonchev–Trinajstić information content (AvgIpc) is 2.79. The Balaban J connectivity index is 1.76. The molecule has 1 heterocycles. The second-order valence-corrected chi connectivity index (χ2v) is 7.92. The van der Waals surface area contributed by atoms with Gasteiger partial charge in [-0.05, 0) is 48.1 Å². The summed E-state index contributed by atoms with van der Waals surface area (Å²) < 4.78 is 1.23. The number of nitrogens with one attached hydrogen (secondary N) is 2. The molecule has 0 aliphatic rings. The van der Waals surface area contributed by atoms with E-state index in [4.69, 9.17) is 5.11 Å². The quantitative estimate of drug-likeness (QED) is 0.418. The molecular weight excluding hydrogens is 422 g/mol. The van der Waals surface area contributed by atoms with Crippen molar-refractivity contribution >= 4 is 17.7 Å². The summed E-state index contributed by atoms with van der Waals surface area (Å²) in [7, 11) is 1.50. The molecule has 0 radical (unpaired) electrons. The van der Waals surface area contributed by atoms with Crippen molar-refractivity contribution in [3.05, 3.63) is 93.4 Å². The molecule has 4 N–H and O–H groups in total. The van der Waals surface area contributed by atoms with Gasteiger partial charge in [-0.15, -0.1) is 0 Å². The van der Waals surface area contributed by atoms with Crippen LogP contribution in [0.1, 0.15) is 41.1 Å². The molecule has 33 heavy (non-hydrogen) atoms. The highest BCUT2D eigenvalue weighted by molar-refractivity contribution is 5.90. The molecule has 8 nitrogen and oxygen atoms in total. The molecule has 1 aromatic heterocycles. The summed E-state index contributed by atoms with van der Waals surface area (Å²) in [6.45, 7) is 2.06. The number of aromatic nitrogens is 1. The van der Waals surface area contributed by atoms with Crippen LogP contribution in [0.25, 0.3) is 0 Å². The van der Waals surface area contributed by atoms with E-state index in [1.165, 1.54) is 35.0 Å². The molecule has 0 aliphatic heterocycles. The third-order valence-electron chi connectivity index (χ3n) is 5.48. The number of carbonyl (C=O) groups is 2. The number of aromatic hydroxyl groups is 1. The number of rotatable bonds is 8. The number of amides is 2. The number of carbonyl (C=O) groups excluding carboxylic acids is 1. The van der Waals surface area contributed by atoms with Crippen LogP contribution in [0, 0.1) is 6.92 Å². The van der Waals surface area contributed by atoms with Crippen molar-refractivity contribution in [2.75, 3.05) is 5.32 Å². The van der Waals surface area contributed by atoms with Crippen molar-refractivity contribution in [2.45, 2.75) is 32.2 Å².